The predicted molar refractivity (Wildman–Crippen MR) is 77.4 cm³/mol. The lowest BCUT2D eigenvalue weighted by atomic mass is 10.0. The number of hydrogen-bond donors (Lipinski definition) is 1. The van der Waals surface area contributed by atoms with Crippen LogP contribution in [-0.2, 0) is 10.1 Å². The zero-order chi connectivity index (χ0) is 14.0. The van der Waals surface area contributed by atoms with Crippen molar-refractivity contribution < 1.29 is 13.0 Å². The summed E-state index contributed by atoms with van der Waals surface area (Å²) >= 11 is 0. The fourth-order valence-electron chi connectivity index (χ4n) is 2.31. The highest BCUT2D eigenvalue weighted by Gasteiger charge is 2.25. The van der Waals surface area contributed by atoms with Gasteiger partial charge in [-0.25, -0.2) is 0 Å². The molecular formula is C14H30O3S. The molecule has 110 valence electrons. The van der Waals surface area contributed by atoms with Crippen molar-refractivity contribution in [2.75, 3.05) is 0 Å². The Labute approximate surface area is 113 Å². The van der Waals surface area contributed by atoms with Crippen LogP contribution in [0.25, 0.3) is 0 Å². The molecule has 0 saturated heterocycles. The smallest absolute Gasteiger partial charge is 0.268 e. The van der Waals surface area contributed by atoms with Crippen LogP contribution in [0, 0.1) is 5.92 Å². The molecule has 0 radical (unpaired) electrons. The highest BCUT2D eigenvalue weighted by Crippen LogP contribution is 2.19. The SMILES string of the molecule is CCCCCCCCCCC(C(C)C)S(=O)(=O)O. The minimum Gasteiger partial charge on any atom is -0.285 e. The lowest BCUT2D eigenvalue weighted by molar-refractivity contribution is 0.424. The predicted octanol–water partition coefficient (Wildman–Crippen LogP) is 4.43. The van der Waals surface area contributed by atoms with Crippen LogP contribution in [-0.4, -0.2) is 18.2 Å². The first-order valence-corrected chi connectivity index (χ1v) is 8.86. The third-order valence-corrected chi connectivity index (χ3v) is 5.01. The van der Waals surface area contributed by atoms with Gasteiger partial charge < -0.3 is 0 Å². The van der Waals surface area contributed by atoms with E-state index in [1.165, 1.54) is 38.5 Å². The van der Waals surface area contributed by atoms with Crippen LogP contribution in [0.5, 0.6) is 0 Å². The fraction of sp³-hybridized carbons (Fsp3) is 1.00. The minimum atomic E-state index is -3.87. The highest BCUT2D eigenvalue weighted by molar-refractivity contribution is 7.86. The molecule has 1 atom stereocenters. The Balaban J connectivity index is 3.63. The molecule has 4 heteroatoms. The van der Waals surface area contributed by atoms with Gasteiger partial charge >= 0.3 is 0 Å². The van der Waals surface area contributed by atoms with E-state index in [1.807, 2.05) is 13.8 Å². The lowest BCUT2D eigenvalue weighted by Crippen LogP contribution is -2.26. The van der Waals surface area contributed by atoms with Crippen molar-refractivity contribution in [3.63, 3.8) is 0 Å². The normalized spacial score (nSPS) is 14.1. The molecule has 0 spiro atoms. The average Bonchev–Trinajstić information content (AvgIpc) is 2.24. The molecule has 0 rings (SSSR count). The molecule has 0 aromatic heterocycles. The second-order valence-corrected chi connectivity index (χ2v) is 7.20. The standard InChI is InChI=1S/C14H30O3S/c1-4-5-6-7-8-9-10-11-12-14(13(2)3)18(15,16)17/h13-14H,4-12H2,1-3H3,(H,15,16,17). The molecule has 0 aliphatic carbocycles. The molecule has 1 unspecified atom stereocenters. The van der Waals surface area contributed by atoms with Crippen molar-refractivity contribution >= 4 is 10.1 Å². The molecule has 0 aliphatic heterocycles. The quantitative estimate of drug-likeness (QED) is 0.449. The van der Waals surface area contributed by atoms with Gasteiger partial charge in [0.1, 0.15) is 0 Å². The van der Waals surface area contributed by atoms with E-state index < -0.39 is 15.4 Å². The number of rotatable bonds is 11. The largest absolute Gasteiger partial charge is 0.285 e. The van der Waals surface area contributed by atoms with Gasteiger partial charge in [-0.15, -0.1) is 0 Å². The van der Waals surface area contributed by atoms with Crippen molar-refractivity contribution in [2.24, 2.45) is 5.92 Å². The van der Waals surface area contributed by atoms with Crippen LogP contribution in [0.2, 0.25) is 0 Å². The zero-order valence-electron chi connectivity index (χ0n) is 12.2. The van der Waals surface area contributed by atoms with Gasteiger partial charge in [0.15, 0.2) is 0 Å². The summed E-state index contributed by atoms with van der Waals surface area (Å²) in [6, 6.07) is 0. The van der Waals surface area contributed by atoms with E-state index in [0.29, 0.717) is 6.42 Å². The van der Waals surface area contributed by atoms with Crippen molar-refractivity contribution in [1.82, 2.24) is 0 Å². The van der Waals surface area contributed by atoms with E-state index in [1.54, 1.807) is 0 Å². The molecule has 0 heterocycles. The average molecular weight is 278 g/mol. The van der Waals surface area contributed by atoms with E-state index in [4.69, 9.17) is 4.55 Å². The Morgan fingerprint density at radius 2 is 1.33 bits per heavy atom. The molecule has 0 aliphatic rings. The summed E-state index contributed by atoms with van der Waals surface area (Å²) in [6.07, 6.45) is 10.2. The van der Waals surface area contributed by atoms with Crippen LogP contribution in [0.1, 0.15) is 78.6 Å². The maximum Gasteiger partial charge on any atom is 0.268 e. The Morgan fingerprint density at radius 3 is 1.72 bits per heavy atom. The van der Waals surface area contributed by atoms with Crippen LogP contribution >= 0.6 is 0 Å². The summed E-state index contributed by atoms with van der Waals surface area (Å²) in [7, 11) is -3.87. The van der Waals surface area contributed by atoms with Crippen molar-refractivity contribution in [2.45, 2.75) is 83.8 Å². The molecule has 1 N–H and O–H groups in total. The Bertz CT molecular complexity index is 283. The molecular weight excluding hydrogens is 248 g/mol. The first-order valence-electron chi connectivity index (χ1n) is 7.35. The maximum atomic E-state index is 11.2. The van der Waals surface area contributed by atoms with Crippen LogP contribution in [0.4, 0.5) is 0 Å². The second kappa shape index (κ2) is 9.79. The molecule has 0 bridgehead atoms. The van der Waals surface area contributed by atoms with Gasteiger partial charge in [-0.3, -0.25) is 4.55 Å². The Kier molecular flexibility index (Phi) is 9.74. The Hall–Kier alpha value is -0.0900. The van der Waals surface area contributed by atoms with Gasteiger partial charge in [0.05, 0.1) is 5.25 Å². The minimum absolute atomic E-state index is 0.00967. The van der Waals surface area contributed by atoms with Gasteiger partial charge in [-0.1, -0.05) is 72.1 Å². The molecule has 0 amide bonds. The summed E-state index contributed by atoms with van der Waals surface area (Å²) < 4.78 is 31.5. The van der Waals surface area contributed by atoms with Crippen molar-refractivity contribution in [3.8, 4) is 0 Å². The van der Waals surface area contributed by atoms with Crippen LogP contribution in [0.3, 0.4) is 0 Å². The fourth-order valence-corrected chi connectivity index (χ4v) is 3.46. The number of unbranched alkanes of at least 4 members (excludes halogenated alkanes) is 7. The zero-order valence-corrected chi connectivity index (χ0v) is 13.0. The first-order chi connectivity index (χ1) is 8.39. The van der Waals surface area contributed by atoms with Gasteiger partial charge in [0.2, 0.25) is 0 Å². The molecule has 0 aromatic carbocycles. The monoisotopic (exact) mass is 278 g/mol. The van der Waals surface area contributed by atoms with Crippen LogP contribution in [0.15, 0.2) is 0 Å². The Morgan fingerprint density at radius 1 is 0.889 bits per heavy atom. The van der Waals surface area contributed by atoms with E-state index >= 15 is 0 Å². The second-order valence-electron chi connectivity index (χ2n) is 5.56. The topological polar surface area (TPSA) is 54.4 Å². The van der Waals surface area contributed by atoms with E-state index in [9.17, 15) is 8.42 Å². The van der Waals surface area contributed by atoms with Gasteiger partial charge in [-0.2, -0.15) is 8.42 Å². The molecule has 0 saturated carbocycles. The van der Waals surface area contributed by atoms with Gasteiger partial charge in [0.25, 0.3) is 10.1 Å². The highest BCUT2D eigenvalue weighted by atomic mass is 32.2. The summed E-state index contributed by atoms with van der Waals surface area (Å²) in [5.41, 5.74) is 0. The van der Waals surface area contributed by atoms with Crippen molar-refractivity contribution in [3.05, 3.63) is 0 Å². The first kappa shape index (κ1) is 17.9. The molecule has 0 aromatic rings. The summed E-state index contributed by atoms with van der Waals surface area (Å²) in [5.74, 6) is -0.00967. The number of hydrogen-bond acceptors (Lipinski definition) is 2. The summed E-state index contributed by atoms with van der Waals surface area (Å²) in [4.78, 5) is 0. The van der Waals surface area contributed by atoms with Gasteiger partial charge in [-0.05, 0) is 12.3 Å². The third-order valence-electron chi connectivity index (χ3n) is 3.47. The molecule has 3 nitrogen and oxygen atoms in total. The summed E-state index contributed by atoms with van der Waals surface area (Å²) in [5, 5.41) is -0.586. The van der Waals surface area contributed by atoms with Crippen molar-refractivity contribution in [1.29, 1.82) is 0 Å². The molecule has 0 fully saturated rings. The summed E-state index contributed by atoms with van der Waals surface area (Å²) in [6.45, 7) is 5.91. The van der Waals surface area contributed by atoms with E-state index in [2.05, 4.69) is 6.92 Å². The van der Waals surface area contributed by atoms with E-state index in [0.717, 1.165) is 12.8 Å². The lowest BCUT2D eigenvalue weighted by Gasteiger charge is -2.17. The van der Waals surface area contributed by atoms with E-state index in [-0.39, 0.29) is 5.92 Å². The van der Waals surface area contributed by atoms with Gasteiger partial charge in [0, 0.05) is 0 Å². The van der Waals surface area contributed by atoms with Crippen LogP contribution < -0.4 is 0 Å². The molecule has 18 heavy (non-hydrogen) atoms. The third kappa shape index (κ3) is 8.92. The maximum absolute atomic E-state index is 11.2.